The summed E-state index contributed by atoms with van der Waals surface area (Å²) >= 11 is 0. The van der Waals surface area contributed by atoms with E-state index >= 15 is 0 Å². The molecule has 0 radical (unpaired) electrons. The SMILES string of the molecule is C=CCN(Cc1ccccc1)[C@H](C=C)[C@@H](COCc1ccccc1)OCc1ccccc1. The molecular formula is C29H33NO2. The first-order valence-corrected chi connectivity index (χ1v) is 11.1. The third kappa shape index (κ3) is 7.61. The molecule has 2 atom stereocenters. The molecular weight excluding hydrogens is 394 g/mol. The van der Waals surface area contributed by atoms with E-state index in [1.54, 1.807) is 0 Å². The highest BCUT2D eigenvalue weighted by Gasteiger charge is 2.26. The molecule has 0 saturated heterocycles. The lowest BCUT2D eigenvalue weighted by Crippen LogP contribution is -2.45. The summed E-state index contributed by atoms with van der Waals surface area (Å²) in [5.74, 6) is 0. The molecule has 0 unspecified atom stereocenters. The van der Waals surface area contributed by atoms with E-state index in [0.717, 1.165) is 24.2 Å². The van der Waals surface area contributed by atoms with Gasteiger partial charge in [0.2, 0.25) is 0 Å². The van der Waals surface area contributed by atoms with E-state index in [4.69, 9.17) is 9.47 Å². The van der Waals surface area contributed by atoms with Gasteiger partial charge in [0.1, 0.15) is 6.10 Å². The average molecular weight is 428 g/mol. The molecule has 0 saturated carbocycles. The van der Waals surface area contributed by atoms with Crippen molar-refractivity contribution in [1.82, 2.24) is 4.90 Å². The molecule has 0 aliphatic heterocycles. The zero-order valence-electron chi connectivity index (χ0n) is 18.7. The minimum Gasteiger partial charge on any atom is -0.374 e. The fraction of sp³-hybridized carbons (Fsp3) is 0.241. The molecule has 0 fully saturated rings. The van der Waals surface area contributed by atoms with Crippen LogP contribution in [0.4, 0.5) is 0 Å². The quantitative estimate of drug-likeness (QED) is 0.293. The number of ether oxygens (including phenoxy) is 2. The molecule has 0 aliphatic rings. The lowest BCUT2D eigenvalue weighted by Gasteiger charge is -2.34. The van der Waals surface area contributed by atoms with Crippen LogP contribution in [0.5, 0.6) is 0 Å². The Morgan fingerprint density at radius 3 is 1.78 bits per heavy atom. The Kier molecular flexibility index (Phi) is 9.94. The van der Waals surface area contributed by atoms with Gasteiger partial charge in [-0.1, -0.05) is 103 Å². The van der Waals surface area contributed by atoms with E-state index in [-0.39, 0.29) is 12.1 Å². The molecule has 0 heterocycles. The van der Waals surface area contributed by atoms with Crippen molar-refractivity contribution in [1.29, 1.82) is 0 Å². The predicted octanol–water partition coefficient (Wildman–Crippen LogP) is 6.03. The molecule has 0 bridgehead atoms. The first kappa shape index (κ1) is 23.7. The second-order valence-corrected chi connectivity index (χ2v) is 7.77. The normalized spacial score (nSPS) is 12.9. The van der Waals surface area contributed by atoms with Crippen LogP contribution < -0.4 is 0 Å². The smallest absolute Gasteiger partial charge is 0.100 e. The molecule has 0 aromatic heterocycles. The molecule has 3 aromatic carbocycles. The molecule has 0 amide bonds. The van der Waals surface area contributed by atoms with Gasteiger partial charge in [-0.05, 0) is 16.7 Å². The number of rotatable bonds is 14. The fourth-order valence-electron chi connectivity index (χ4n) is 3.70. The second-order valence-electron chi connectivity index (χ2n) is 7.77. The summed E-state index contributed by atoms with van der Waals surface area (Å²) in [5, 5.41) is 0. The number of hydrogen-bond acceptors (Lipinski definition) is 3. The lowest BCUT2D eigenvalue weighted by molar-refractivity contribution is -0.0614. The van der Waals surface area contributed by atoms with Crippen molar-refractivity contribution in [2.24, 2.45) is 0 Å². The van der Waals surface area contributed by atoms with E-state index < -0.39 is 0 Å². The van der Waals surface area contributed by atoms with Crippen LogP contribution >= 0.6 is 0 Å². The van der Waals surface area contributed by atoms with Gasteiger partial charge in [-0.2, -0.15) is 0 Å². The van der Waals surface area contributed by atoms with Crippen LogP contribution in [0.15, 0.2) is 116 Å². The van der Waals surface area contributed by atoms with Gasteiger partial charge < -0.3 is 9.47 Å². The van der Waals surface area contributed by atoms with E-state index in [0.29, 0.717) is 19.8 Å². The Labute approximate surface area is 192 Å². The maximum atomic E-state index is 6.41. The van der Waals surface area contributed by atoms with Gasteiger partial charge in [0.05, 0.1) is 25.9 Å². The molecule has 3 heteroatoms. The summed E-state index contributed by atoms with van der Waals surface area (Å²) in [6, 6.07) is 30.9. The summed E-state index contributed by atoms with van der Waals surface area (Å²) in [4.78, 5) is 2.33. The summed E-state index contributed by atoms with van der Waals surface area (Å²) in [5.41, 5.74) is 3.53. The van der Waals surface area contributed by atoms with Crippen LogP contribution in [0.2, 0.25) is 0 Å². The highest BCUT2D eigenvalue weighted by atomic mass is 16.5. The Morgan fingerprint density at radius 1 is 0.719 bits per heavy atom. The molecule has 3 nitrogen and oxygen atoms in total. The third-order valence-corrected chi connectivity index (χ3v) is 5.34. The first-order chi connectivity index (χ1) is 15.8. The van der Waals surface area contributed by atoms with E-state index in [9.17, 15) is 0 Å². The number of benzene rings is 3. The van der Waals surface area contributed by atoms with Crippen LogP contribution in [0.3, 0.4) is 0 Å². The van der Waals surface area contributed by atoms with Gasteiger partial charge in [-0.3, -0.25) is 4.90 Å². The predicted molar refractivity (Wildman–Crippen MR) is 132 cm³/mol. The van der Waals surface area contributed by atoms with Gasteiger partial charge in [-0.15, -0.1) is 13.2 Å². The molecule has 3 aromatic rings. The van der Waals surface area contributed by atoms with Crippen LogP contribution in [0, 0.1) is 0 Å². The molecule has 166 valence electrons. The van der Waals surface area contributed by atoms with Gasteiger partial charge in [0, 0.05) is 13.1 Å². The number of hydrogen-bond donors (Lipinski definition) is 0. The topological polar surface area (TPSA) is 21.7 Å². The highest BCUT2D eigenvalue weighted by Crippen LogP contribution is 2.17. The molecule has 0 N–H and O–H groups in total. The largest absolute Gasteiger partial charge is 0.374 e. The molecule has 0 aliphatic carbocycles. The van der Waals surface area contributed by atoms with Gasteiger partial charge in [0.15, 0.2) is 0 Å². The van der Waals surface area contributed by atoms with Crippen molar-refractivity contribution in [3.8, 4) is 0 Å². The van der Waals surface area contributed by atoms with Gasteiger partial charge in [-0.25, -0.2) is 0 Å². The van der Waals surface area contributed by atoms with E-state index in [1.165, 1.54) is 5.56 Å². The van der Waals surface area contributed by atoms with E-state index in [2.05, 4.69) is 66.6 Å². The summed E-state index contributed by atoms with van der Waals surface area (Å²) in [7, 11) is 0. The molecule has 3 rings (SSSR count). The van der Waals surface area contributed by atoms with Crippen molar-refractivity contribution < 1.29 is 9.47 Å². The highest BCUT2D eigenvalue weighted by molar-refractivity contribution is 5.16. The number of nitrogens with zero attached hydrogens (tertiary/aromatic N) is 1. The standard InChI is InChI=1S/C29H33NO2/c1-3-20-30(21-25-14-8-5-9-15-25)28(4-2)29(32-23-27-18-12-7-13-19-27)24-31-22-26-16-10-6-11-17-26/h3-19,28-29H,1-2,20-24H2/t28-,29-/m1/s1. The monoisotopic (exact) mass is 427 g/mol. The zero-order valence-corrected chi connectivity index (χ0v) is 18.7. The average Bonchev–Trinajstić information content (AvgIpc) is 2.84. The Morgan fingerprint density at radius 2 is 1.25 bits per heavy atom. The van der Waals surface area contributed by atoms with Crippen molar-refractivity contribution in [2.75, 3.05) is 13.2 Å². The Hall–Kier alpha value is -2.98. The van der Waals surface area contributed by atoms with Gasteiger partial charge in [0.25, 0.3) is 0 Å². The first-order valence-electron chi connectivity index (χ1n) is 11.1. The van der Waals surface area contributed by atoms with Gasteiger partial charge >= 0.3 is 0 Å². The van der Waals surface area contributed by atoms with Crippen LogP contribution in [-0.4, -0.2) is 30.2 Å². The zero-order chi connectivity index (χ0) is 22.4. The summed E-state index contributed by atoms with van der Waals surface area (Å²) in [6.45, 7) is 11.2. The third-order valence-electron chi connectivity index (χ3n) is 5.34. The summed E-state index contributed by atoms with van der Waals surface area (Å²) < 4.78 is 12.5. The molecule has 0 spiro atoms. The van der Waals surface area contributed by atoms with Crippen molar-refractivity contribution >= 4 is 0 Å². The van der Waals surface area contributed by atoms with Crippen LogP contribution in [-0.2, 0) is 29.2 Å². The fourth-order valence-corrected chi connectivity index (χ4v) is 3.70. The van der Waals surface area contributed by atoms with Crippen molar-refractivity contribution in [3.05, 3.63) is 133 Å². The maximum Gasteiger partial charge on any atom is 0.100 e. The van der Waals surface area contributed by atoms with E-state index in [1.807, 2.05) is 54.6 Å². The van der Waals surface area contributed by atoms with Crippen LogP contribution in [0.25, 0.3) is 0 Å². The van der Waals surface area contributed by atoms with Crippen LogP contribution in [0.1, 0.15) is 16.7 Å². The molecule has 32 heavy (non-hydrogen) atoms. The Balaban J connectivity index is 1.73. The minimum absolute atomic E-state index is 0.0207. The van der Waals surface area contributed by atoms with Crippen molar-refractivity contribution in [3.63, 3.8) is 0 Å². The summed E-state index contributed by atoms with van der Waals surface area (Å²) in [6.07, 6.45) is 3.73. The second kappa shape index (κ2) is 13.4. The lowest BCUT2D eigenvalue weighted by atomic mass is 10.1. The van der Waals surface area contributed by atoms with Crippen molar-refractivity contribution in [2.45, 2.75) is 31.9 Å². The maximum absolute atomic E-state index is 6.41. The Bertz CT molecular complexity index is 912. The minimum atomic E-state index is -0.167.